The number of nitrogens with one attached hydrogen (secondary N) is 2. The molecule has 2 saturated heterocycles. The van der Waals surface area contributed by atoms with Gasteiger partial charge in [0.25, 0.3) is 0 Å². The molecule has 13 heavy (non-hydrogen) atoms. The van der Waals surface area contributed by atoms with Crippen LogP contribution in [0.2, 0.25) is 0 Å². The molecule has 0 aromatic heterocycles. The van der Waals surface area contributed by atoms with Crippen molar-refractivity contribution in [3.8, 4) is 0 Å². The van der Waals surface area contributed by atoms with Crippen molar-refractivity contribution < 1.29 is 0 Å². The maximum Gasteiger partial charge on any atom is 0.00767 e. The molecular formula is C9H20N2S2. The highest BCUT2D eigenvalue weighted by molar-refractivity contribution is 8.06. The van der Waals surface area contributed by atoms with Crippen molar-refractivity contribution in [2.24, 2.45) is 0 Å². The molecule has 2 nitrogen and oxygen atoms in total. The Morgan fingerprint density at radius 3 is 1.46 bits per heavy atom. The summed E-state index contributed by atoms with van der Waals surface area (Å²) in [6.07, 6.45) is 1.28. The number of hydrogen-bond donors (Lipinski definition) is 2. The van der Waals surface area contributed by atoms with Gasteiger partial charge in [-0.05, 0) is 19.5 Å². The van der Waals surface area contributed by atoms with Crippen molar-refractivity contribution in [1.82, 2.24) is 10.6 Å². The average molecular weight is 220 g/mol. The molecule has 2 fully saturated rings. The molecule has 2 aliphatic heterocycles. The zero-order valence-electron chi connectivity index (χ0n) is 8.18. The van der Waals surface area contributed by atoms with Gasteiger partial charge in [-0.15, -0.1) is 0 Å². The van der Waals surface area contributed by atoms with Crippen LogP contribution in [0.25, 0.3) is 0 Å². The Morgan fingerprint density at radius 1 is 0.615 bits per heavy atom. The lowest BCUT2D eigenvalue weighted by Gasteiger charge is -2.05. The van der Waals surface area contributed by atoms with E-state index in [1.165, 1.54) is 42.5 Å². The smallest absolute Gasteiger partial charge is 0.00767 e. The predicted molar refractivity (Wildman–Crippen MR) is 65.0 cm³/mol. The van der Waals surface area contributed by atoms with Gasteiger partial charge in [0, 0.05) is 36.1 Å². The van der Waals surface area contributed by atoms with E-state index in [2.05, 4.69) is 34.2 Å². The maximum absolute atomic E-state index is 3.28. The summed E-state index contributed by atoms with van der Waals surface area (Å²) in [5.41, 5.74) is 0. The minimum atomic E-state index is 1.14. The lowest BCUT2D eigenvalue weighted by molar-refractivity contribution is 0.718. The fourth-order valence-electron chi connectivity index (χ4n) is 1.20. The molecule has 2 aliphatic rings. The van der Waals surface area contributed by atoms with Gasteiger partial charge in [-0.25, -0.2) is 0 Å². The van der Waals surface area contributed by atoms with Gasteiger partial charge in [0.2, 0.25) is 0 Å². The quantitative estimate of drug-likeness (QED) is 0.637. The molecule has 0 aromatic rings. The van der Waals surface area contributed by atoms with Crippen LogP contribution in [0.5, 0.6) is 0 Å². The van der Waals surface area contributed by atoms with E-state index in [0.29, 0.717) is 0 Å². The molecule has 0 radical (unpaired) electrons. The van der Waals surface area contributed by atoms with E-state index in [1.54, 1.807) is 0 Å². The van der Waals surface area contributed by atoms with E-state index < -0.39 is 0 Å². The second-order valence-electron chi connectivity index (χ2n) is 3.08. The van der Waals surface area contributed by atoms with Crippen LogP contribution < -0.4 is 10.6 Å². The minimum Gasteiger partial charge on any atom is -0.315 e. The van der Waals surface area contributed by atoms with Crippen molar-refractivity contribution in [3.63, 3.8) is 0 Å². The highest BCUT2D eigenvalue weighted by atomic mass is 32.2. The lowest BCUT2D eigenvalue weighted by atomic mass is 10.4. The van der Waals surface area contributed by atoms with E-state index in [1.807, 2.05) is 0 Å². The van der Waals surface area contributed by atoms with Gasteiger partial charge in [0.1, 0.15) is 0 Å². The van der Waals surface area contributed by atoms with Crippen molar-refractivity contribution >= 4 is 23.5 Å². The van der Waals surface area contributed by atoms with Crippen LogP contribution in [-0.2, 0) is 0 Å². The molecule has 0 atom stereocenters. The summed E-state index contributed by atoms with van der Waals surface area (Å²) < 4.78 is 0. The van der Waals surface area contributed by atoms with E-state index in [0.717, 1.165) is 13.1 Å². The third kappa shape index (κ3) is 7.67. The summed E-state index contributed by atoms with van der Waals surface area (Å²) in [5, 5.41) is 6.57. The highest BCUT2D eigenvalue weighted by Crippen LogP contribution is 2.14. The van der Waals surface area contributed by atoms with Crippen molar-refractivity contribution in [2.75, 3.05) is 49.2 Å². The van der Waals surface area contributed by atoms with Gasteiger partial charge in [0.05, 0.1) is 0 Å². The number of rotatable bonds is 0. The number of thioether (sulfide) groups is 2. The lowest BCUT2D eigenvalue weighted by Crippen LogP contribution is -2.21. The van der Waals surface area contributed by atoms with Crippen molar-refractivity contribution in [2.45, 2.75) is 6.42 Å². The molecule has 2 heterocycles. The standard InChI is InChI=1S/C5H12N2.C4H8S2/c1-2-6-4-5-7-3-1;1-2-6-4-3-5-1/h6-7H,1-5H2;1-4H2. The van der Waals surface area contributed by atoms with Crippen LogP contribution in [-0.4, -0.2) is 49.2 Å². The fourth-order valence-corrected chi connectivity index (χ4v) is 3.50. The van der Waals surface area contributed by atoms with E-state index in [9.17, 15) is 0 Å². The summed E-state index contributed by atoms with van der Waals surface area (Å²) in [7, 11) is 0. The molecule has 0 aromatic carbocycles. The summed E-state index contributed by atoms with van der Waals surface area (Å²) in [6, 6.07) is 0. The zero-order valence-corrected chi connectivity index (χ0v) is 9.81. The SMILES string of the molecule is C1CNCCNC1.C1CSCCS1. The third-order valence-electron chi connectivity index (χ3n) is 1.93. The normalized spacial score (nSPS) is 24.0. The second-order valence-corrected chi connectivity index (χ2v) is 5.53. The third-order valence-corrected chi connectivity index (χ3v) is 4.42. The van der Waals surface area contributed by atoms with Crippen LogP contribution in [0.4, 0.5) is 0 Å². The topological polar surface area (TPSA) is 24.1 Å². The Kier molecular flexibility index (Phi) is 8.26. The molecule has 0 spiro atoms. The van der Waals surface area contributed by atoms with Crippen molar-refractivity contribution in [1.29, 1.82) is 0 Å². The minimum absolute atomic E-state index is 1.14. The van der Waals surface area contributed by atoms with E-state index in [-0.39, 0.29) is 0 Å². The average Bonchev–Trinajstić information content (AvgIpc) is 2.53. The van der Waals surface area contributed by atoms with Gasteiger partial charge in [0.15, 0.2) is 0 Å². The first-order valence-electron chi connectivity index (χ1n) is 5.07. The van der Waals surface area contributed by atoms with Gasteiger partial charge < -0.3 is 10.6 Å². The Bertz CT molecular complexity index is 76.6. The molecule has 4 heteroatoms. The first-order valence-corrected chi connectivity index (χ1v) is 7.38. The highest BCUT2D eigenvalue weighted by Gasteiger charge is 1.95. The Balaban J connectivity index is 0.000000132. The van der Waals surface area contributed by atoms with Crippen LogP contribution >= 0.6 is 23.5 Å². The molecule has 0 unspecified atom stereocenters. The first-order chi connectivity index (χ1) is 6.50. The molecular weight excluding hydrogens is 200 g/mol. The predicted octanol–water partition coefficient (Wildman–Crippen LogP) is 1.04. The molecule has 0 bridgehead atoms. The summed E-state index contributed by atoms with van der Waals surface area (Å²) in [5.74, 6) is 5.52. The summed E-state index contributed by atoms with van der Waals surface area (Å²) >= 11 is 4.15. The van der Waals surface area contributed by atoms with Gasteiger partial charge in [-0.3, -0.25) is 0 Å². The van der Waals surface area contributed by atoms with Crippen LogP contribution in [0, 0.1) is 0 Å². The Hall–Kier alpha value is 0.620. The molecule has 2 N–H and O–H groups in total. The van der Waals surface area contributed by atoms with Gasteiger partial charge in [-0.2, -0.15) is 23.5 Å². The summed E-state index contributed by atoms with van der Waals surface area (Å²) in [6.45, 7) is 4.65. The second kappa shape index (κ2) is 9.19. The maximum atomic E-state index is 3.28. The van der Waals surface area contributed by atoms with Gasteiger partial charge >= 0.3 is 0 Å². The van der Waals surface area contributed by atoms with Crippen LogP contribution in [0.15, 0.2) is 0 Å². The van der Waals surface area contributed by atoms with Crippen LogP contribution in [0.3, 0.4) is 0 Å². The monoisotopic (exact) mass is 220 g/mol. The fraction of sp³-hybridized carbons (Fsp3) is 1.00. The Morgan fingerprint density at radius 2 is 1.08 bits per heavy atom. The first kappa shape index (κ1) is 11.7. The molecule has 0 aliphatic carbocycles. The van der Waals surface area contributed by atoms with Gasteiger partial charge in [-0.1, -0.05) is 0 Å². The molecule has 78 valence electrons. The summed E-state index contributed by atoms with van der Waals surface area (Å²) in [4.78, 5) is 0. The number of hydrogen-bond acceptors (Lipinski definition) is 4. The van der Waals surface area contributed by atoms with Crippen LogP contribution in [0.1, 0.15) is 6.42 Å². The van der Waals surface area contributed by atoms with E-state index in [4.69, 9.17) is 0 Å². The zero-order chi connectivity index (χ0) is 9.19. The molecule has 0 amide bonds. The largest absolute Gasteiger partial charge is 0.315 e. The molecule has 2 rings (SSSR count). The Labute approximate surface area is 90.0 Å². The van der Waals surface area contributed by atoms with E-state index >= 15 is 0 Å². The van der Waals surface area contributed by atoms with Crippen molar-refractivity contribution in [3.05, 3.63) is 0 Å². The molecule has 0 saturated carbocycles.